The third kappa shape index (κ3) is 1.59. The van der Waals surface area contributed by atoms with E-state index in [-0.39, 0.29) is 12.4 Å². The van der Waals surface area contributed by atoms with E-state index in [0.29, 0.717) is 5.41 Å². The average Bonchev–Trinajstić information content (AvgIpc) is 1.66. The van der Waals surface area contributed by atoms with Crippen LogP contribution in [0.15, 0.2) is 0 Å². The van der Waals surface area contributed by atoms with Crippen LogP contribution in [0.2, 0.25) is 0 Å². The molecule has 9 heavy (non-hydrogen) atoms. The first-order valence-corrected chi connectivity index (χ1v) is 3.37. The van der Waals surface area contributed by atoms with E-state index in [9.17, 15) is 0 Å². The summed E-state index contributed by atoms with van der Waals surface area (Å²) in [6, 6.07) is 0. The van der Waals surface area contributed by atoms with Gasteiger partial charge in [-0.2, -0.15) is 0 Å². The molecule has 0 saturated heterocycles. The van der Waals surface area contributed by atoms with Crippen molar-refractivity contribution in [1.29, 1.82) is 0 Å². The van der Waals surface area contributed by atoms with Crippen LogP contribution in [0.3, 0.4) is 0 Å². The van der Waals surface area contributed by atoms with Crippen LogP contribution in [0.25, 0.3) is 0 Å². The zero-order chi connectivity index (χ0) is 6.20. The van der Waals surface area contributed by atoms with Crippen LogP contribution in [-0.4, -0.2) is 6.54 Å². The van der Waals surface area contributed by atoms with Crippen LogP contribution in [-0.2, 0) is 0 Å². The summed E-state index contributed by atoms with van der Waals surface area (Å²) in [5.74, 6) is 0.808. The van der Waals surface area contributed by atoms with E-state index >= 15 is 0 Å². The van der Waals surface area contributed by atoms with E-state index in [1.54, 1.807) is 0 Å². The zero-order valence-corrected chi connectivity index (χ0v) is 7.00. The first-order valence-electron chi connectivity index (χ1n) is 3.37. The standard InChI is InChI=1S/C7H15N.ClH/c1-7(2)4-3-6(7)5-8;/h6H,3-5,8H2,1-2H3;1H/t6-;/m0./s1. The van der Waals surface area contributed by atoms with Gasteiger partial charge < -0.3 is 5.73 Å². The monoisotopic (exact) mass is 149 g/mol. The Labute approximate surface area is 63.4 Å². The smallest absolute Gasteiger partial charge is 0.00438 e. The van der Waals surface area contributed by atoms with Crippen molar-refractivity contribution in [2.75, 3.05) is 6.54 Å². The zero-order valence-electron chi connectivity index (χ0n) is 6.18. The lowest BCUT2D eigenvalue weighted by Crippen LogP contribution is -2.39. The Morgan fingerprint density at radius 1 is 1.56 bits per heavy atom. The van der Waals surface area contributed by atoms with Gasteiger partial charge in [-0.15, -0.1) is 12.4 Å². The molecule has 0 radical (unpaired) electrons. The summed E-state index contributed by atoms with van der Waals surface area (Å²) < 4.78 is 0. The molecule has 0 aliphatic heterocycles. The molecular weight excluding hydrogens is 134 g/mol. The molecule has 56 valence electrons. The molecule has 0 aromatic carbocycles. The average molecular weight is 150 g/mol. The van der Waals surface area contributed by atoms with E-state index < -0.39 is 0 Å². The van der Waals surface area contributed by atoms with Crippen LogP contribution in [0.4, 0.5) is 0 Å². The fraction of sp³-hybridized carbons (Fsp3) is 1.00. The molecule has 0 unspecified atom stereocenters. The van der Waals surface area contributed by atoms with E-state index in [4.69, 9.17) is 5.73 Å². The molecular formula is C7H16ClN. The van der Waals surface area contributed by atoms with Gasteiger partial charge in [-0.05, 0) is 30.7 Å². The highest BCUT2D eigenvalue weighted by atomic mass is 35.5. The molecule has 1 rings (SSSR count). The second kappa shape index (κ2) is 2.89. The molecule has 0 aromatic rings. The van der Waals surface area contributed by atoms with Gasteiger partial charge in [-0.1, -0.05) is 13.8 Å². The lowest BCUT2D eigenvalue weighted by Gasteiger charge is -2.43. The second-order valence-electron chi connectivity index (χ2n) is 3.46. The molecule has 1 fully saturated rings. The van der Waals surface area contributed by atoms with Crippen molar-refractivity contribution in [2.45, 2.75) is 26.7 Å². The highest BCUT2D eigenvalue weighted by Gasteiger charge is 2.36. The summed E-state index contributed by atoms with van der Waals surface area (Å²) >= 11 is 0. The van der Waals surface area contributed by atoms with Gasteiger partial charge in [0.25, 0.3) is 0 Å². The minimum atomic E-state index is 0. The van der Waals surface area contributed by atoms with Crippen LogP contribution in [0, 0.1) is 11.3 Å². The van der Waals surface area contributed by atoms with Crippen LogP contribution >= 0.6 is 12.4 Å². The highest BCUT2D eigenvalue weighted by molar-refractivity contribution is 5.85. The molecule has 1 aliphatic rings. The number of nitrogens with two attached hydrogens (primary N) is 1. The summed E-state index contributed by atoms with van der Waals surface area (Å²) in [6.45, 7) is 5.48. The molecule has 1 saturated carbocycles. The molecule has 2 N–H and O–H groups in total. The predicted molar refractivity (Wildman–Crippen MR) is 42.8 cm³/mol. The first kappa shape index (κ1) is 9.25. The Bertz CT molecular complexity index is 88.9. The van der Waals surface area contributed by atoms with Crippen molar-refractivity contribution < 1.29 is 0 Å². The third-order valence-electron chi connectivity index (χ3n) is 2.53. The van der Waals surface area contributed by atoms with Crippen molar-refractivity contribution in [3.63, 3.8) is 0 Å². The Balaban J connectivity index is 0.000000640. The minimum Gasteiger partial charge on any atom is -0.330 e. The molecule has 0 bridgehead atoms. The second-order valence-corrected chi connectivity index (χ2v) is 3.46. The van der Waals surface area contributed by atoms with Crippen molar-refractivity contribution in [3.8, 4) is 0 Å². The summed E-state index contributed by atoms with van der Waals surface area (Å²) in [5.41, 5.74) is 6.07. The lowest BCUT2D eigenvalue weighted by molar-refractivity contribution is 0.0800. The maximum Gasteiger partial charge on any atom is -0.00438 e. The Hall–Kier alpha value is 0.250. The lowest BCUT2D eigenvalue weighted by atomic mass is 9.63. The Morgan fingerprint density at radius 3 is 2.11 bits per heavy atom. The van der Waals surface area contributed by atoms with Gasteiger partial charge in [0.2, 0.25) is 0 Å². The highest BCUT2D eigenvalue weighted by Crippen LogP contribution is 2.44. The Kier molecular flexibility index (Phi) is 2.97. The molecule has 0 heterocycles. The number of halogens is 1. The molecule has 2 heteroatoms. The van der Waals surface area contributed by atoms with Crippen molar-refractivity contribution in [3.05, 3.63) is 0 Å². The van der Waals surface area contributed by atoms with Crippen LogP contribution < -0.4 is 5.73 Å². The van der Waals surface area contributed by atoms with E-state index in [2.05, 4.69) is 13.8 Å². The maximum absolute atomic E-state index is 5.51. The topological polar surface area (TPSA) is 26.0 Å². The Morgan fingerprint density at radius 2 is 2.11 bits per heavy atom. The van der Waals surface area contributed by atoms with Crippen molar-refractivity contribution >= 4 is 12.4 Å². The van der Waals surface area contributed by atoms with E-state index in [1.165, 1.54) is 12.8 Å². The van der Waals surface area contributed by atoms with Gasteiger partial charge in [-0.25, -0.2) is 0 Å². The van der Waals surface area contributed by atoms with Gasteiger partial charge >= 0.3 is 0 Å². The molecule has 0 aromatic heterocycles. The largest absolute Gasteiger partial charge is 0.330 e. The number of hydrogen-bond acceptors (Lipinski definition) is 1. The summed E-state index contributed by atoms with van der Waals surface area (Å²) in [4.78, 5) is 0. The van der Waals surface area contributed by atoms with Gasteiger partial charge in [0.05, 0.1) is 0 Å². The predicted octanol–water partition coefficient (Wildman–Crippen LogP) is 1.80. The summed E-state index contributed by atoms with van der Waals surface area (Å²) in [5, 5.41) is 0. The van der Waals surface area contributed by atoms with Crippen LogP contribution in [0.1, 0.15) is 26.7 Å². The fourth-order valence-electron chi connectivity index (χ4n) is 1.36. The molecule has 0 amide bonds. The van der Waals surface area contributed by atoms with Gasteiger partial charge in [0.1, 0.15) is 0 Å². The van der Waals surface area contributed by atoms with Crippen LogP contribution in [0.5, 0.6) is 0 Å². The first-order chi connectivity index (χ1) is 3.67. The number of rotatable bonds is 1. The quantitative estimate of drug-likeness (QED) is 0.605. The molecule has 1 atom stereocenters. The normalized spacial score (nSPS) is 30.3. The maximum atomic E-state index is 5.51. The van der Waals surface area contributed by atoms with Gasteiger partial charge in [0, 0.05) is 0 Å². The van der Waals surface area contributed by atoms with E-state index in [0.717, 1.165) is 12.5 Å². The molecule has 0 spiro atoms. The molecule has 1 aliphatic carbocycles. The van der Waals surface area contributed by atoms with Crippen molar-refractivity contribution in [1.82, 2.24) is 0 Å². The fourth-order valence-corrected chi connectivity index (χ4v) is 1.36. The van der Waals surface area contributed by atoms with Gasteiger partial charge in [0.15, 0.2) is 0 Å². The molecule has 1 nitrogen and oxygen atoms in total. The SMILES string of the molecule is CC1(C)CC[C@H]1CN.Cl. The minimum absolute atomic E-state index is 0. The summed E-state index contributed by atoms with van der Waals surface area (Å²) in [7, 11) is 0. The van der Waals surface area contributed by atoms with Gasteiger partial charge in [-0.3, -0.25) is 0 Å². The summed E-state index contributed by atoms with van der Waals surface area (Å²) in [6.07, 6.45) is 2.72. The van der Waals surface area contributed by atoms with Crippen molar-refractivity contribution in [2.24, 2.45) is 17.1 Å². The third-order valence-corrected chi connectivity index (χ3v) is 2.53. The van der Waals surface area contributed by atoms with E-state index in [1.807, 2.05) is 0 Å². The number of hydrogen-bond donors (Lipinski definition) is 1.